The highest BCUT2D eigenvalue weighted by Gasteiger charge is 2.35. The van der Waals surface area contributed by atoms with Crippen molar-refractivity contribution in [2.75, 3.05) is 27.1 Å². The molecule has 1 atom stereocenters. The first-order valence-corrected chi connectivity index (χ1v) is 16.6. The van der Waals surface area contributed by atoms with Crippen molar-refractivity contribution in [3.63, 3.8) is 0 Å². The van der Waals surface area contributed by atoms with E-state index in [-0.39, 0.29) is 32.7 Å². The second kappa shape index (κ2) is 12.9. The molecule has 2 aromatic heterocycles. The molecule has 14 nitrogen and oxygen atoms in total. The zero-order valence-corrected chi connectivity index (χ0v) is 27.0. The van der Waals surface area contributed by atoms with Crippen molar-refractivity contribution in [1.29, 1.82) is 0 Å². The summed E-state index contributed by atoms with van der Waals surface area (Å²) in [5.74, 6) is 1.29. The summed E-state index contributed by atoms with van der Waals surface area (Å²) in [6.45, 7) is 0. The number of amides is 1. The van der Waals surface area contributed by atoms with Gasteiger partial charge in [0.05, 0.1) is 55.6 Å². The summed E-state index contributed by atoms with van der Waals surface area (Å²) in [6.07, 6.45) is 1.77. The number of carbonyl (C=O) groups is 1. The van der Waals surface area contributed by atoms with E-state index in [2.05, 4.69) is 15.1 Å². The fraction of sp³-hybridized carbons (Fsp3) is 0.194. The Balaban J connectivity index is 1.30. The third-order valence-corrected chi connectivity index (χ3v) is 9.33. The predicted molar refractivity (Wildman–Crippen MR) is 175 cm³/mol. The standard InChI is InChI=1S/C31H29N7O7S2/c1-43-20-11-7-18(8-12-20)24-15-25(22-5-4-6-26(44-2)28(22)45-3)38(36-24)27(39)17-46-31-34-29-23(30(40)35-31)16-33-37(29)19-9-13-21(14-10-19)47(32,41)42/h4-14,16,25H,15,17H2,1-3H3,(H2,32,41,42)(H,34,35,40). The Bertz CT molecular complexity index is 2160. The number of nitrogens with two attached hydrogens (primary N) is 1. The van der Waals surface area contributed by atoms with Gasteiger partial charge in [0.25, 0.3) is 11.5 Å². The molecule has 0 bridgehead atoms. The number of H-pyrrole nitrogens is 1. The predicted octanol–water partition coefficient (Wildman–Crippen LogP) is 3.25. The minimum atomic E-state index is -3.89. The first-order valence-electron chi connectivity index (χ1n) is 14.1. The van der Waals surface area contributed by atoms with Gasteiger partial charge < -0.3 is 19.2 Å². The highest BCUT2D eigenvalue weighted by atomic mass is 32.2. The van der Waals surface area contributed by atoms with Crippen molar-refractivity contribution < 1.29 is 27.4 Å². The molecule has 1 aliphatic rings. The third kappa shape index (κ3) is 6.30. The number of carbonyl (C=O) groups excluding carboxylic acids is 1. The molecule has 3 heterocycles. The van der Waals surface area contributed by atoms with Crippen LogP contribution in [0.4, 0.5) is 0 Å². The van der Waals surface area contributed by atoms with Crippen LogP contribution in [0.3, 0.4) is 0 Å². The summed E-state index contributed by atoms with van der Waals surface area (Å²) in [4.78, 5) is 34.0. The highest BCUT2D eigenvalue weighted by molar-refractivity contribution is 7.99. The van der Waals surface area contributed by atoms with E-state index in [4.69, 9.17) is 24.5 Å². The van der Waals surface area contributed by atoms with Crippen LogP contribution < -0.4 is 24.9 Å². The molecular formula is C31H29N7O7S2. The molecule has 6 rings (SSSR count). The van der Waals surface area contributed by atoms with E-state index in [0.717, 1.165) is 22.9 Å². The second-order valence-electron chi connectivity index (χ2n) is 10.3. The lowest BCUT2D eigenvalue weighted by atomic mass is 9.97. The fourth-order valence-corrected chi connectivity index (χ4v) is 6.47. The molecule has 1 unspecified atom stereocenters. The van der Waals surface area contributed by atoms with Crippen LogP contribution in [-0.2, 0) is 14.8 Å². The Morgan fingerprint density at radius 3 is 2.43 bits per heavy atom. The maximum Gasteiger partial charge on any atom is 0.262 e. The Kier molecular flexibility index (Phi) is 8.72. The summed E-state index contributed by atoms with van der Waals surface area (Å²) in [6, 6.07) is 18.1. The van der Waals surface area contributed by atoms with Crippen molar-refractivity contribution in [2.24, 2.45) is 10.2 Å². The molecule has 16 heteroatoms. The largest absolute Gasteiger partial charge is 0.497 e. The molecule has 242 valence electrons. The Morgan fingerprint density at radius 1 is 1.02 bits per heavy atom. The molecule has 0 radical (unpaired) electrons. The van der Waals surface area contributed by atoms with Crippen molar-refractivity contribution in [3.05, 3.63) is 94.4 Å². The van der Waals surface area contributed by atoms with Gasteiger partial charge in [0.1, 0.15) is 11.1 Å². The maximum atomic E-state index is 13.8. The van der Waals surface area contributed by atoms with E-state index in [1.807, 2.05) is 36.4 Å². The van der Waals surface area contributed by atoms with Crippen LogP contribution in [-0.4, -0.2) is 71.9 Å². The molecule has 1 aliphatic heterocycles. The number of primary sulfonamides is 1. The third-order valence-electron chi connectivity index (χ3n) is 7.54. The normalized spacial score (nSPS) is 14.7. The summed E-state index contributed by atoms with van der Waals surface area (Å²) in [7, 11) is 0.794. The van der Waals surface area contributed by atoms with Crippen LogP contribution in [0, 0.1) is 0 Å². The second-order valence-corrected chi connectivity index (χ2v) is 12.8. The first-order chi connectivity index (χ1) is 22.6. The molecule has 5 aromatic rings. The molecule has 0 spiro atoms. The fourth-order valence-electron chi connectivity index (χ4n) is 5.24. The molecule has 1 amide bonds. The smallest absolute Gasteiger partial charge is 0.262 e. The number of nitrogens with zero attached hydrogens (tertiary/aromatic N) is 5. The Morgan fingerprint density at radius 2 is 1.77 bits per heavy atom. The van der Waals surface area contributed by atoms with Gasteiger partial charge in [-0.15, -0.1) is 0 Å². The molecule has 0 aliphatic carbocycles. The topological polar surface area (TPSA) is 184 Å². The zero-order valence-electron chi connectivity index (χ0n) is 25.4. The summed E-state index contributed by atoms with van der Waals surface area (Å²) >= 11 is 1.04. The van der Waals surface area contributed by atoms with E-state index >= 15 is 0 Å². The maximum absolute atomic E-state index is 13.8. The highest BCUT2D eigenvalue weighted by Crippen LogP contribution is 2.42. The van der Waals surface area contributed by atoms with Crippen molar-refractivity contribution >= 4 is 44.4 Å². The van der Waals surface area contributed by atoms with Gasteiger partial charge in [-0.1, -0.05) is 23.9 Å². The molecule has 3 aromatic carbocycles. The molecule has 3 N–H and O–H groups in total. The summed E-state index contributed by atoms with van der Waals surface area (Å²) < 4.78 is 41.2. The summed E-state index contributed by atoms with van der Waals surface area (Å²) in [5, 5.41) is 16.0. The van der Waals surface area contributed by atoms with Crippen molar-refractivity contribution in [2.45, 2.75) is 22.5 Å². The van der Waals surface area contributed by atoms with Crippen LogP contribution in [0.1, 0.15) is 23.6 Å². The van der Waals surface area contributed by atoms with Crippen LogP contribution in [0.25, 0.3) is 16.7 Å². The molecule has 0 saturated carbocycles. The number of fused-ring (bicyclic) bond motifs is 1. The van der Waals surface area contributed by atoms with E-state index in [0.29, 0.717) is 35.1 Å². The molecule has 0 saturated heterocycles. The average molecular weight is 676 g/mol. The van der Waals surface area contributed by atoms with Crippen molar-refractivity contribution in [3.8, 4) is 22.9 Å². The Hall–Kier alpha value is -5.19. The SMILES string of the molecule is COc1ccc(C2=NN(C(=O)CSc3nc4c(cnn4-c4ccc(S(N)(=O)=O)cc4)c(=O)[nH]3)C(c3cccc(OC)c3OC)C2)cc1. The van der Waals surface area contributed by atoms with Gasteiger partial charge in [-0.05, 0) is 60.2 Å². The number of nitrogens with one attached hydrogen (secondary N) is 1. The number of hydrogen-bond donors (Lipinski definition) is 2. The van der Waals surface area contributed by atoms with Crippen molar-refractivity contribution in [1.82, 2.24) is 24.8 Å². The lowest BCUT2D eigenvalue weighted by Crippen LogP contribution is -2.29. The lowest BCUT2D eigenvalue weighted by molar-refractivity contribution is -0.130. The van der Waals surface area contributed by atoms with Gasteiger partial charge in [0, 0.05) is 12.0 Å². The number of benzene rings is 3. The van der Waals surface area contributed by atoms with Crippen LogP contribution in [0.2, 0.25) is 0 Å². The van der Waals surface area contributed by atoms with Gasteiger partial charge >= 0.3 is 0 Å². The minimum Gasteiger partial charge on any atom is -0.497 e. The monoisotopic (exact) mass is 675 g/mol. The van der Waals surface area contributed by atoms with Gasteiger partial charge in [-0.25, -0.2) is 28.2 Å². The van der Waals surface area contributed by atoms with E-state index < -0.39 is 21.6 Å². The zero-order chi connectivity index (χ0) is 33.3. The Labute approximate surface area is 273 Å². The van der Waals surface area contributed by atoms with E-state index in [9.17, 15) is 18.0 Å². The number of para-hydroxylation sites is 1. The van der Waals surface area contributed by atoms with Gasteiger partial charge in [-0.3, -0.25) is 9.59 Å². The lowest BCUT2D eigenvalue weighted by Gasteiger charge is -2.24. The number of aromatic amines is 1. The number of ether oxygens (including phenoxy) is 3. The minimum absolute atomic E-state index is 0.0668. The molecule has 47 heavy (non-hydrogen) atoms. The van der Waals surface area contributed by atoms with Gasteiger partial charge in [0.15, 0.2) is 22.3 Å². The summed E-state index contributed by atoms with van der Waals surface area (Å²) in [5.41, 5.74) is 2.51. The number of thioether (sulfide) groups is 1. The van der Waals surface area contributed by atoms with Gasteiger partial charge in [-0.2, -0.15) is 10.2 Å². The van der Waals surface area contributed by atoms with Crippen LogP contribution >= 0.6 is 11.8 Å². The number of hydrazone groups is 1. The van der Waals surface area contributed by atoms with Crippen LogP contribution in [0.15, 0.2) is 92.9 Å². The number of hydrogen-bond acceptors (Lipinski definition) is 11. The van der Waals surface area contributed by atoms with E-state index in [1.165, 1.54) is 40.2 Å². The van der Waals surface area contributed by atoms with Crippen LogP contribution in [0.5, 0.6) is 17.2 Å². The quantitative estimate of drug-likeness (QED) is 0.165. The number of aromatic nitrogens is 4. The van der Waals surface area contributed by atoms with E-state index in [1.54, 1.807) is 27.4 Å². The number of methoxy groups -OCH3 is 3. The number of sulfonamides is 1. The number of rotatable bonds is 10. The molecular weight excluding hydrogens is 647 g/mol. The molecule has 0 fully saturated rings. The average Bonchev–Trinajstić information content (AvgIpc) is 3.72. The van der Waals surface area contributed by atoms with Gasteiger partial charge in [0.2, 0.25) is 10.0 Å². The first kappa shape index (κ1) is 31.8.